The van der Waals surface area contributed by atoms with Gasteiger partial charge in [0.2, 0.25) is 0 Å². The Morgan fingerprint density at radius 2 is 1.82 bits per heavy atom. The second-order valence-electron chi connectivity index (χ2n) is 10.2. The predicted octanol–water partition coefficient (Wildman–Crippen LogP) is 5.44. The van der Waals surface area contributed by atoms with Crippen LogP contribution in [0.15, 0.2) is 30.3 Å². The van der Waals surface area contributed by atoms with Gasteiger partial charge in [-0.2, -0.15) is 9.28 Å². The summed E-state index contributed by atoms with van der Waals surface area (Å²) in [4.78, 5) is 37.7. The second-order valence-corrected chi connectivity index (χ2v) is 12.3. The van der Waals surface area contributed by atoms with Gasteiger partial charge in [-0.25, -0.2) is 4.79 Å². The monoisotopic (exact) mass is 496 g/mol. The average molecular weight is 497 g/mol. The first-order chi connectivity index (χ1) is 15.8. The molecule has 0 bridgehead atoms. The maximum Gasteiger partial charge on any atom is 0.521 e. The molecule has 9 heteroatoms. The second kappa shape index (κ2) is 11.7. The molecule has 4 atom stereocenters. The molecule has 0 radical (unpaired) electrons. The number of carbonyl (C=O) groups is 3. The topological polar surface area (TPSA) is 107 Å². The molecule has 0 aliphatic carbocycles. The Kier molecular flexibility index (Phi) is 9.78. The van der Waals surface area contributed by atoms with Crippen molar-refractivity contribution in [3.05, 3.63) is 35.9 Å². The van der Waals surface area contributed by atoms with Crippen LogP contribution in [0.25, 0.3) is 0 Å². The summed E-state index contributed by atoms with van der Waals surface area (Å²) in [5.41, 5.74) is 0.477. The number of benzene rings is 1. The zero-order valence-corrected chi connectivity index (χ0v) is 21.9. The van der Waals surface area contributed by atoms with E-state index in [-0.39, 0.29) is 18.5 Å². The van der Waals surface area contributed by atoms with Gasteiger partial charge in [0, 0.05) is 18.3 Å². The van der Waals surface area contributed by atoms with Gasteiger partial charge < -0.3 is 9.63 Å². The highest BCUT2D eigenvalue weighted by Gasteiger charge is 2.55. The molecule has 1 aromatic carbocycles. The quantitative estimate of drug-likeness (QED) is 0.247. The first kappa shape index (κ1) is 28.4. The molecule has 34 heavy (non-hydrogen) atoms. The van der Waals surface area contributed by atoms with Gasteiger partial charge in [0.25, 0.3) is 0 Å². The van der Waals surface area contributed by atoms with Crippen LogP contribution >= 0.6 is 7.60 Å². The number of carboxylic acid groups (broad SMARTS) is 1. The van der Waals surface area contributed by atoms with E-state index in [1.807, 2.05) is 30.3 Å². The fourth-order valence-electron chi connectivity index (χ4n) is 4.19. The summed E-state index contributed by atoms with van der Waals surface area (Å²) in [5, 5.41) is 9.85. The van der Waals surface area contributed by atoms with Gasteiger partial charge in [-0.1, -0.05) is 51.1 Å². The standard InChI is InChI=1S/C25H38NO7P/c1-19-12-11-16-26(19,24(29)30)23(28)20(2)33-34(31,32-18-22(27)25(3,4)5)17-10-9-15-21-13-7-6-8-14-21/h6-8,13-14,19-20H,9-12,15-18H2,1-5H3/p+1/t19-,20?,26?,34?/m1/s1. The van der Waals surface area contributed by atoms with Crippen LogP contribution in [0.1, 0.15) is 65.9 Å². The minimum Gasteiger partial charge on any atom is -0.435 e. The molecule has 3 unspecified atom stereocenters. The SMILES string of the molecule is CC(OP(=O)(CCCCc1ccccc1)OCC(=O)C(C)(C)C)C(=O)[N+]1(C(=O)O)CCC[C@H]1C. The fourth-order valence-corrected chi connectivity index (χ4v) is 5.99. The van der Waals surface area contributed by atoms with Crippen LogP contribution in [0.4, 0.5) is 4.79 Å². The van der Waals surface area contributed by atoms with E-state index in [4.69, 9.17) is 9.05 Å². The number of hydrogen-bond donors (Lipinski definition) is 1. The molecule has 1 aromatic rings. The number of quaternary nitrogens is 1. The zero-order valence-electron chi connectivity index (χ0n) is 21.0. The van der Waals surface area contributed by atoms with E-state index in [0.717, 1.165) is 18.4 Å². The van der Waals surface area contributed by atoms with Gasteiger partial charge in [0.15, 0.2) is 11.9 Å². The molecule has 1 aliphatic heterocycles. The minimum atomic E-state index is -3.84. The molecule has 1 N–H and O–H groups in total. The van der Waals surface area contributed by atoms with E-state index in [1.165, 1.54) is 6.92 Å². The van der Waals surface area contributed by atoms with E-state index in [2.05, 4.69) is 0 Å². The number of unbranched alkanes of at least 4 members (excludes halogenated alkanes) is 1. The van der Waals surface area contributed by atoms with Gasteiger partial charge in [-0.15, -0.1) is 0 Å². The normalized spacial score (nSPS) is 23.3. The molecule has 1 aliphatic rings. The van der Waals surface area contributed by atoms with Crippen molar-refractivity contribution in [3.63, 3.8) is 0 Å². The van der Waals surface area contributed by atoms with E-state index < -0.39 is 48.2 Å². The van der Waals surface area contributed by atoms with Gasteiger partial charge >= 0.3 is 19.6 Å². The number of imide groups is 1. The van der Waals surface area contributed by atoms with E-state index in [1.54, 1.807) is 27.7 Å². The Hall–Kier alpha value is -1.86. The zero-order chi connectivity index (χ0) is 25.6. The Morgan fingerprint density at radius 1 is 1.18 bits per heavy atom. The van der Waals surface area contributed by atoms with Crippen molar-refractivity contribution < 1.29 is 37.6 Å². The Balaban J connectivity index is 2.12. The molecule has 0 spiro atoms. The number of hydrogen-bond acceptors (Lipinski definition) is 6. The lowest BCUT2D eigenvalue weighted by atomic mass is 9.91. The van der Waals surface area contributed by atoms with Crippen LogP contribution in [0.2, 0.25) is 0 Å². The Morgan fingerprint density at radius 3 is 2.35 bits per heavy atom. The van der Waals surface area contributed by atoms with Crippen LogP contribution in [-0.4, -0.2) is 58.8 Å². The summed E-state index contributed by atoms with van der Waals surface area (Å²) >= 11 is 0. The molecule has 190 valence electrons. The molecule has 2 rings (SSSR count). The highest BCUT2D eigenvalue weighted by Crippen LogP contribution is 2.51. The Labute approximate surface area is 202 Å². The van der Waals surface area contributed by atoms with Crippen molar-refractivity contribution in [2.45, 2.75) is 78.9 Å². The van der Waals surface area contributed by atoms with Gasteiger partial charge in [-0.05, 0) is 38.7 Å². The lowest BCUT2D eigenvalue weighted by Crippen LogP contribution is -2.61. The van der Waals surface area contributed by atoms with Crippen molar-refractivity contribution >= 4 is 25.4 Å². The van der Waals surface area contributed by atoms with Crippen LogP contribution in [0, 0.1) is 5.41 Å². The van der Waals surface area contributed by atoms with E-state index in [9.17, 15) is 24.1 Å². The van der Waals surface area contributed by atoms with Crippen LogP contribution in [0.5, 0.6) is 0 Å². The van der Waals surface area contributed by atoms with Crippen molar-refractivity contribution in [3.8, 4) is 0 Å². The van der Waals surface area contributed by atoms with E-state index in [0.29, 0.717) is 19.3 Å². The summed E-state index contributed by atoms with van der Waals surface area (Å²) in [5.74, 6) is -0.880. The smallest absolute Gasteiger partial charge is 0.435 e. The number of rotatable bonds is 11. The van der Waals surface area contributed by atoms with Gasteiger partial charge in [0.1, 0.15) is 12.6 Å². The number of Topliss-reactive ketones (excluding diaryl/α,β-unsaturated/α-hetero) is 1. The van der Waals surface area contributed by atoms with Gasteiger partial charge in [0.05, 0.1) is 12.7 Å². The lowest BCUT2D eigenvalue weighted by molar-refractivity contribution is -0.793. The largest absolute Gasteiger partial charge is 0.521 e. The molecule has 8 nitrogen and oxygen atoms in total. The number of amides is 2. The third-order valence-electron chi connectivity index (χ3n) is 6.51. The third-order valence-corrected chi connectivity index (χ3v) is 8.53. The summed E-state index contributed by atoms with van der Waals surface area (Å²) in [6.07, 6.45) is 0.796. The van der Waals surface area contributed by atoms with Crippen molar-refractivity contribution in [1.82, 2.24) is 0 Å². The summed E-state index contributed by atoms with van der Waals surface area (Å²) in [6, 6.07) is 9.49. The first-order valence-corrected chi connectivity index (χ1v) is 13.7. The molecule has 1 heterocycles. The molecule has 0 saturated carbocycles. The van der Waals surface area contributed by atoms with Crippen LogP contribution in [0.3, 0.4) is 0 Å². The summed E-state index contributed by atoms with van der Waals surface area (Å²) in [7, 11) is -3.84. The third kappa shape index (κ3) is 7.08. The molecule has 0 aromatic heterocycles. The van der Waals surface area contributed by atoms with Gasteiger partial charge in [-0.3, -0.25) is 13.9 Å². The highest BCUT2D eigenvalue weighted by atomic mass is 31.2. The molecule has 1 saturated heterocycles. The summed E-state index contributed by atoms with van der Waals surface area (Å²) < 4.78 is 24.2. The predicted molar refractivity (Wildman–Crippen MR) is 130 cm³/mol. The maximum atomic E-state index is 13.6. The molecular weight excluding hydrogens is 457 g/mol. The number of carbonyl (C=O) groups excluding carboxylic acids is 2. The minimum absolute atomic E-state index is 0.0392. The summed E-state index contributed by atoms with van der Waals surface area (Å²) in [6.45, 7) is 8.16. The number of likely N-dealkylation sites (tertiary alicyclic amines) is 1. The van der Waals surface area contributed by atoms with E-state index >= 15 is 0 Å². The van der Waals surface area contributed by atoms with Crippen molar-refractivity contribution in [2.75, 3.05) is 19.3 Å². The number of ketones is 1. The fraction of sp³-hybridized carbons (Fsp3) is 0.640. The number of nitrogens with zero attached hydrogens (tertiary/aromatic N) is 1. The average Bonchev–Trinajstić information content (AvgIpc) is 3.17. The molecular formula is C25H39NO7P+. The lowest BCUT2D eigenvalue weighted by Gasteiger charge is -2.32. The number of aryl methyl sites for hydroxylation is 1. The first-order valence-electron chi connectivity index (χ1n) is 12.0. The van der Waals surface area contributed by atoms with Crippen molar-refractivity contribution in [1.29, 1.82) is 0 Å². The van der Waals surface area contributed by atoms with Crippen LogP contribution in [-0.2, 0) is 29.6 Å². The maximum absolute atomic E-state index is 13.6. The van der Waals surface area contributed by atoms with Crippen molar-refractivity contribution in [2.24, 2.45) is 5.41 Å². The Bertz CT molecular complexity index is 912. The highest BCUT2D eigenvalue weighted by molar-refractivity contribution is 7.53. The molecule has 2 amide bonds. The molecule has 1 fully saturated rings. The van der Waals surface area contributed by atoms with Crippen LogP contribution < -0.4 is 0 Å².